The van der Waals surface area contributed by atoms with Gasteiger partial charge in [-0.2, -0.15) is 0 Å². The first-order valence-corrected chi connectivity index (χ1v) is 6.02. The summed E-state index contributed by atoms with van der Waals surface area (Å²) in [5, 5.41) is 5.46. The van der Waals surface area contributed by atoms with Gasteiger partial charge in [0.15, 0.2) is 0 Å². The Morgan fingerprint density at radius 2 is 1.80 bits per heavy atom. The van der Waals surface area contributed by atoms with E-state index in [2.05, 4.69) is 20.6 Å². The number of hydrogen-bond acceptors (Lipinski definition) is 4. The maximum Gasteiger partial charge on any atom is 0.275 e. The van der Waals surface area contributed by atoms with Crippen LogP contribution in [0, 0.1) is 6.92 Å². The first-order chi connectivity index (χ1) is 9.58. The summed E-state index contributed by atoms with van der Waals surface area (Å²) in [6.07, 6.45) is 4.34. The van der Waals surface area contributed by atoms with Gasteiger partial charge in [0.1, 0.15) is 5.69 Å². The number of rotatable bonds is 3. The SMILES string of the molecule is CC(=O)Nc1cccc(NC(=O)c2cnccn2)c1C. The third kappa shape index (κ3) is 3.17. The minimum Gasteiger partial charge on any atom is -0.326 e. The van der Waals surface area contributed by atoms with Crippen molar-refractivity contribution in [2.24, 2.45) is 0 Å². The van der Waals surface area contributed by atoms with Crippen molar-refractivity contribution in [2.45, 2.75) is 13.8 Å². The predicted octanol–water partition coefficient (Wildman–Crippen LogP) is 2.00. The molecule has 0 aliphatic heterocycles. The van der Waals surface area contributed by atoms with Crippen molar-refractivity contribution in [3.05, 3.63) is 48.0 Å². The molecule has 2 rings (SSSR count). The van der Waals surface area contributed by atoms with Gasteiger partial charge in [-0.1, -0.05) is 6.07 Å². The third-order valence-electron chi connectivity index (χ3n) is 2.69. The molecule has 0 atom stereocenters. The van der Waals surface area contributed by atoms with E-state index >= 15 is 0 Å². The van der Waals surface area contributed by atoms with E-state index in [0.29, 0.717) is 11.4 Å². The predicted molar refractivity (Wildman–Crippen MR) is 75.5 cm³/mol. The van der Waals surface area contributed by atoms with Crippen molar-refractivity contribution in [1.29, 1.82) is 0 Å². The largest absolute Gasteiger partial charge is 0.326 e. The number of aromatic nitrogens is 2. The summed E-state index contributed by atoms with van der Waals surface area (Å²) in [7, 11) is 0. The van der Waals surface area contributed by atoms with Gasteiger partial charge in [-0.3, -0.25) is 14.6 Å². The van der Waals surface area contributed by atoms with Crippen LogP contribution in [0.1, 0.15) is 23.0 Å². The zero-order valence-corrected chi connectivity index (χ0v) is 11.2. The van der Waals surface area contributed by atoms with Crippen LogP contribution < -0.4 is 10.6 Å². The minimum atomic E-state index is -0.346. The van der Waals surface area contributed by atoms with Crippen LogP contribution in [0.15, 0.2) is 36.8 Å². The van der Waals surface area contributed by atoms with E-state index in [1.54, 1.807) is 18.2 Å². The second-order valence-corrected chi connectivity index (χ2v) is 4.20. The summed E-state index contributed by atoms with van der Waals surface area (Å²) >= 11 is 0. The van der Waals surface area contributed by atoms with Gasteiger partial charge in [0, 0.05) is 30.7 Å². The van der Waals surface area contributed by atoms with E-state index in [9.17, 15) is 9.59 Å². The van der Waals surface area contributed by atoms with Crippen LogP contribution in [-0.4, -0.2) is 21.8 Å². The van der Waals surface area contributed by atoms with Crippen LogP contribution in [-0.2, 0) is 4.79 Å². The fourth-order valence-corrected chi connectivity index (χ4v) is 1.70. The molecule has 0 aliphatic rings. The Balaban J connectivity index is 2.22. The summed E-state index contributed by atoms with van der Waals surface area (Å²) in [6.45, 7) is 3.25. The van der Waals surface area contributed by atoms with Gasteiger partial charge in [-0.15, -0.1) is 0 Å². The molecular weight excluding hydrogens is 256 g/mol. The maximum atomic E-state index is 12.0. The molecule has 102 valence electrons. The molecule has 0 bridgehead atoms. The zero-order valence-electron chi connectivity index (χ0n) is 11.2. The quantitative estimate of drug-likeness (QED) is 0.893. The van der Waals surface area contributed by atoms with Crippen molar-refractivity contribution in [1.82, 2.24) is 9.97 Å². The molecule has 1 heterocycles. The van der Waals surface area contributed by atoms with Gasteiger partial charge in [-0.05, 0) is 24.6 Å². The lowest BCUT2D eigenvalue weighted by Gasteiger charge is -2.12. The summed E-state index contributed by atoms with van der Waals surface area (Å²) in [4.78, 5) is 30.9. The molecule has 2 amide bonds. The number of nitrogens with zero attached hydrogens (tertiary/aromatic N) is 2. The number of carbonyl (C=O) groups excluding carboxylic acids is 2. The molecular formula is C14H14N4O2. The molecule has 0 saturated carbocycles. The van der Waals surface area contributed by atoms with Crippen LogP contribution in [0.5, 0.6) is 0 Å². The van der Waals surface area contributed by atoms with Gasteiger partial charge < -0.3 is 10.6 Å². The normalized spacial score (nSPS) is 9.90. The summed E-state index contributed by atoms with van der Waals surface area (Å²) in [6, 6.07) is 5.29. The molecule has 6 nitrogen and oxygen atoms in total. The highest BCUT2D eigenvalue weighted by molar-refractivity contribution is 6.03. The molecule has 0 unspecified atom stereocenters. The molecule has 0 spiro atoms. The molecule has 6 heteroatoms. The lowest BCUT2D eigenvalue weighted by Crippen LogP contribution is -2.15. The summed E-state index contributed by atoms with van der Waals surface area (Å²) in [5.41, 5.74) is 2.29. The number of anilines is 2. The van der Waals surface area contributed by atoms with E-state index < -0.39 is 0 Å². The highest BCUT2D eigenvalue weighted by Gasteiger charge is 2.11. The topological polar surface area (TPSA) is 84.0 Å². The lowest BCUT2D eigenvalue weighted by molar-refractivity contribution is -0.114. The summed E-state index contributed by atoms with van der Waals surface area (Å²) < 4.78 is 0. The third-order valence-corrected chi connectivity index (χ3v) is 2.69. The maximum absolute atomic E-state index is 12.0. The second kappa shape index (κ2) is 5.92. The van der Waals surface area contributed by atoms with Crippen molar-refractivity contribution < 1.29 is 9.59 Å². The van der Waals surface area contributed by atoms with Crippen molar-refractivity contribution in [3.8, 4) is 0 Å². The number of carbonyl (C=O) groups is 2. The highest BCUT2D eigenvalue weighted by atomic mass is 16.2. The van der Waals surface area contributed by atoms with E-state index in [0.717, 1.165) is 5.56 Å². The number of nitrogens with one attached hydrogen (secondary N) is 2. The van der Waals surface area contributed by atoms with E-state index in [1.165, 1.54) is 25.5 Å². The van der Waals surface area contributed by atoms with Crippen molar-refractivity contribution in [2.75, 3.05) is 10.6 Å². The zero-order chi connectivity index (χ0) is 14.5. The first kappa shape index (κ1) is 13.7. The Kier molecular flexibility index (Phi) is 4.05. The number of benzene rings is 1. The van der Waals surface area contributed by atoms with Crippen LogP contribution in [0.25, 0.3) is 0 Å². The van der Waals surface area contributed by atoms with E-state index in [4.69, 9.17) is 0 Å². The molecule has 1 aromatic carbocycles. The standard InChI is InChI=1S/C14H14N4O2/c1-9-11(17-10(2)19)4-3-5-12(9)18-14(20)13-8-15-6-7-16-13/h3-8H,1-2H3,(H,17,19)(H,18,20). The van der Waals surface area contributed by atoms with Crippen LogP contribution in [0.3, 0.4) is 0 Å². The molecule has 1 aromatic heterocycles. The van der Waals surface area contributed by atoms with Crippen LogP contribution in [0.4, 0.5) is 11.4 Å². The second-order valence-electron chi connectivity index (χ2n) is 4.20. The lowest BCUT2D eigenvalue weighted by atomic mass is 10.1. The summed E-state index contributed by atoms with van der Waals surface area (Å²) in [5.74, 6) is -0.508. The van der Waals surface area contributed by atoms with Gasteiger partial charge in [0.05, 0.1) is 6.20 Å². The molecule has 0 saturated heterocycles. The van der Waals surface area contributed by atoms with Crippen LogP contribution >= 0.6 is 0 Å². The van der Waals surface area contributed by atoms with Crippen molar-refractivity contribution >= 4 is 23.2 Å². The fourth-order valence-electron chi connectivity index (χ4n) is 1.70. The Morgan fingerprint density at radius 1 is 1.10 bits per heavy atom. The van der Waals surface area contributed by atoms with Gasteiger partial charge in [-0.25, -0.2) is 4.98 Å². The van der Waals surface area contributed by atoms with Crippen LogP contribution in [0.2, 0.25) is 0 Å². The minimum absolute atomic E-state index is 0.162. The molecule has 20 heavy (non-hydrogen) atoms. The molecule has 0 aliphatic carbocycles. The fraction of sp³-hybridized carbons (Fsp3) is 0.143. The Labute approximate surface area is 116 Å². The van der Waals surface area contributed by atoms with Gasteiger partial charge in [0.25, 0.3) is 5.91 Å². The van der Waals surface area contributed by atoms with E-state index in [-0.39, 0.29) is 17.5 Å². The molecule has 0 radical (unpaired) electrons. The Bertz CT molecular complexity index is 641. The monoisotopic (exact) mass is 270 g/mol. The molecule has 2 N–H and O–H groups in total. The average molecular weight is 270 g/mol. The highest BCUT2D eigenvalue weighted by Crippen LogP contribution is 2.23. The first-order valence-electron chi connectivity index (χ1n) is 6.02. The Morgan fingerprint density at radius 3 is 2.40 bits per heavy atom. The Hall–Kier alpha value is -2.76. The number of hydrogen-bond donors (Lipinski definition) is 2. The number of amides is 2. The average Bonchev–Trinajstić information content (AvgIpc) is 2.43. The van der Waals surface area contributed by atoms with Gasteiger partial charge in [0.2, 0.25) is 5.91 Å². The smallest absolute Gasteiger partial charge is 0.275 e. The van der Waals surface area contributed by atoms with Gasteiger partial charge >= 0.3 is 0 Å². The molecule has 0 fully saturated rings. The van der Waals surface area contributed by atoms with Crippen molar-refractivity contribution in [3.63, 3.8) is 0 Å². The molecule has 2 aromatic rings. The van der Waals surface area contributed by atoms with E-state index in [1.807, 2.05) is 6.92 Å².